The number of nitrogens with one attached hydrogen (secondary N) is 2. The Morgan fingerprint density at radius 3 is 2.62 bits per heavy atom. The highest BCUT2D eigenvalue weighted by molar-refractivity contribution is 5.93. The van der Waals surface area contributed by atoms with Crippen LogP contribution in [0.4, 0.5) is 4.39 Å². The van der Waals surface area contributed by atoms with Crippen LogP contribution >= 0.6 is 0 Å². The Kier molecular flexibility index (Phi) is 5.30. The predicted molar refractivity (Wildman–Crippen MR) is 96.2 cm³/mol. The second-order valence-corrected chi connectivity index (χ2v) is 5.39. The third-order valence-corrected chi connectivity index (χ3v) is 3.62. The van der Waals surface area contributed by atoms with Gasteiger partial charge in [-0.3, -0.25) is 9.89 Å². The van der Waals surface area contributed by atoms with Crippen LogP contribution in [0.3, 0.4) is 0 Å². The first-order chi connectivity index (χ1) is 12.7. The molecule has 3 aromatic rings. The zero-order chi connectivity index (χ0) is 18.4. The van der Waals surface area contributed by atoms with Gasteiger partial charge >= 0.3 is 0 Å². The Labute approximate surface area is 150 Å². The number of benzene rings is 2. The van der Waals surface area contributed by atoms with Gasteiger partial charge in [-0.25, -0.2) is 4.39 Å². The van der Waals surface area contributed by atoms with Crippen molar-refractivity contribution in [3.8, 4) is 28.8 Å². The lowest BCUT2D eigenvalue weighted by Gasteiger charge is -1.98. The summed E-state index contributed by atoms with van der Waals surface area (Å²) in [6.45, 7) is 0.204. The Morgan fingerprint density at radius 2 is 1.92 bits per heavy atom. The third-order valence-electron chi connectivity index (χ3n) is 3.62. The molecule has 130 valence electrons. The van der Waals surface area contributed by atoms with Crippen LogP contribution in [0.15, 0.2) is 54.6 Å². The summed E-state index contributed by atoms with van der Waals surface area (Å²) in [6, 6.07) is 14.8. The number of hydrogen-bond acceptors (Lipinski definition) is 3. The molecule has 0 unspecified atom stereocenters. The number of aromatic nitrogens is 2. The first kappa shape index (κ1) is 17.2. The summed E-state index contributed by atoms with van der Waals surface area (Å²) in [4.78, 5) is 12.1. The molecule has 6 heteroatoms. The van der Waals surface area contributed by atoms with E-state index in [1.54, 1.807) is 25.3 Å². The first-order valence-corrected chi connectivity index (χ1v) is 7.88. The number of H-pyrrole nitrogens is 1. The molecule has 2 aromatic carbocycles. The molecule has 0 atom stereocenters. The van der Waals surface area contributed by atoms with Crippen LogP contribution in [-0.4, -0.2) is 29.8 Å². The molecule has 0 bridgehead atoms. The van der Waals surface area contributed by atoms with E-state index in [0.717, 1.165) is 16.9 Å². The van der Waals surface area contributed by atoms with Crippen molar-refractivity contribution in [2.24, 2.45) is 0 Å². The van der Waals surface area contributed by atoms with E-state index in [1.807, 2.05) is 24.3 Å². The average Bonchev–Trinajstić information content (AvgIpc) is 3.16. The fourth-order valence-corrected chi connectivity index (χ4v) is 2.25. The summed E-state index contributed by atoms with van der Waals surface area (Å²) >= 11 is 0. The Balaban J connectivity index is 1.57. The number of hydrogen-bond donors (Lipinski definition) is 2. The maximum Gasteiger partial charge on any atom is 0.270 e. The van der Waals surface area contributed by atoms with E-state index in [2.05, 4.69) is 27.4 Å². The van der Waals surface area contributed by atoms with Gasteiger partial charge in [0, 0.05) is 11.1 Å². The quantitative estimate of drug-likeness (QED) is 0.712. The summed E-state index contributed by atoms with van der Waals surface area (Å²) in [6.07, 6.45) is 0. The molecule has 0 saturated carbocycles. The number of carbonyl (C=O) groups excluding carboxylic acids is 1. The number of ether oxygens (including phenoxy) is 1. The highest BCUT2D eigenvalue weighted by Gasteiger charge is 2.10. The van der Waals surface area contributed by atoms with E-state index >= 15 is 0 Å². The normalized spacial score (nSPS) is 9.92. The number of rotatable bonds is 4. The molecule has 0 spiro atoms. The third kappa shape index (κ3) is 4.28. The van der Waals surface area contributed by atoms with E-state index in [9.17, 15) is 9.18 Å². The van der Waals surface area contributed by atoms with Crippen molar-refractivity contribution < 1.29 is 13.9 Å². The lowest BCUT2D eigenvalue weighted by molar-refractivity contribution is 0.0953. The SMILES string of the molecule is COc1ccc(C#CCNC(=O)c2cc(-c3ccc(F)cc3)n[nH]2)cc1. The monoisotopic (exact) mass is 349 g/mol. The van der Waals surface area contributed by atoms with Gasteiger partial charge < -0.3 is 10.1 Å². The molecule has 0 radical (unpaired) electrons. The molecule has 1 amide bonds. The second-order valence-electron chi connectivity index (χ2n) is 5.39. The molecule has 0 fully saturated rings. The fraction of sp³-hybridized carbons (Fsp3) is 0.100. The molecule has 2 N–H and O–H groups in total. The molecule has 3 rings (SSSR count). The van der Waals surface area contributed by atoms with Crippen LogP contribution < -0.4 is 10.1 Å². The number of amides is 1. The smallest absolute Gasteiger partial charge is 0.270 e. The zero-order valence-corrected chi connectivity index (χ0v) is 14.0. The van der Waals surface area contributed by atoms with Crippen LogP contribution in [-0.2, 0) is 0 Å². The van der Waals surface area contributed by atoms with Crippen molar-refractivity contribution in [3.63, 3.8) is 0 Å². The van der Waals surface area contributed by atoms with Gasteiger partial charge in [-0.05, 0) is 54.6 Å². The van der Waals surface area contributed by atoms with Crippen LogP contribution in [0.5, 0.6) is 5.75 Å². The number of nitrogens with zero attached hydrogens (tertiary/aromatic N) is 1. The molecule has 1 heterocycles. The van der Waals surface area contributed by atoms with Gasteiger partial charge in [0.15, 0.2) is 0 Å². The van der Waals surface area contributed by atoms with Crippen LogP contribution in [0, 0.1) is 17.7 Å². The van der Waals surface area contributed by atoms with Crippen molar-refractivity contribution in [3.05, 3.63) is 71.7 Å². The van der Waals surface area contributed by atoms with Gasteiger partial charge in [0.2, 0.25) is 0 Å². The van der Waals surface area contributed by atoms with E-state index < -0.39 is 0 Å². The number of carbonyl (C=O) groups is 1. The van der Waals surface area contributed by atoms with Crippen LogP contribution in [0.25, 0.3) is 11.3 Å². The molecule has 26 heavy (non-hydrogen) atoms. The lowest BCUT2D eigenvalue weighted by atomic mass is 10.1. The van der Waals surface area contributed by atoms with Gasteiger partial charge in [-0.1, -0.05) is 11.8 Å². The topological polar surface area (TPSA) is 67.0 Å². The first-order valence-electron chi connectivity index (χ1n) is 7.88. The minimum atomic E-state index is -0.322. The van der Waals surface area contributed by atoms with E-state index in [-0.39, 0.29) is 18.3 Å². The van der Waals surface area contributed by atoms with Crippen molar-refractivity contribution in [1.29, 1.82) is 0 Å². The van der Waals surface area contributed by atoms with Crippen molar-refractivity contribution in [2.75, 3.05) is 13.7 Å². The summed E-state index contributed by atoms with van der Waals surface area (Å²) in [5.74, 6) is 5.98. The standard InChI is InChI=1S/C20H16FN3O2/c1-26-17-10-4-14(5-11-17)3-2-12-22-20(25)19-13-18(23-24-19)15-6-8-16(21)9-7-15/h4-11,13H,12H2,1H3,(H,22,25)(H,23,24). The number of halogens is 1. The molecular formula is C20H16FN3O2. The molecule has 0 aliphatic rings. The molecule has 5 nitrogen and oxygen atoms in total. The summed E-state index contributed by atoms with van der Waals surface area (Å²) < 4.78 is 18.0. The van der Waals surface area contributed by atoms with Crippen molar-refractivity contribution >= 4 is 5.91 Å². The van der Waals surface area contributed by atoms with Gasteiger partial charge in [-0.15, -0.1) is 0 Å². The Hall–Kier alpha value is -3.59. The average molecular weight is 349 g/mol. The van der Waals surface area contributed by atoms with Gasteiger partial charge in [0.25, 0.3) is 5.91 Å². The Bertz CT molecular complexity index is 951. The summed E-state index contributed by atoms with van der Waals surface area (Å²) in [5, 5.41) is 9.44. The second kappa shape index (κ2) is 7.99. The van der Waals surface area contributed by atoms with E-state index in [0.29, 0.717) is 11.4 Å². The predicted octanol–water partition coefficient (Wildman–Crippen LogP) is 3.01. The minimum absolute atomic E-state index is 0.204. The highest BCUT2D eigenvalue weighted by atomic mass is 19.1. The van der Waals surface area contributed by atoms with E-state index in [4.69, 9.17) is 4.74 Å². The van der Waals surface area contributed by atoms with Crippen LogP contribution in [0.2, 0.25) is 0 Å². The van der Waals surface area contributed by atoms with Gasteiger partial charge in [0.1, 0.15) is 17.3 Å². The largest absolute Gasteiger partial charge is 0.497 e. The maximum atomic E-state index is 13.0. The van der Waals surface area contributed by atoms with Gasteiger partial charge in [0.05, 0.1) is 19.3 Å². The maximum absolute atomic E-state index is 13.0. The summed E-state index contributed by atoms with van der Waals surface area (Å²) in [7, 11) is 1.60. The van der Waals surface area contributed by atoms with Crippen molar-refractivity contribution in [1.82, 2.24) is 15.5 Å². The Morgan fingerprint density at radius 1 is 1.19 bits per heavy atom. The van der Waals surface area contributed by atoms with E-state index in [1.165, 1.54) is 12.1 Å². The summed E-state index contributed by atoms with van der Waals surface area (Å²) in [5.41, 5.74) is 2.44. The minimum Gasteiger partial charge on any atom is -0.497 e. The number of aromatic amines is 1. The molecule has 0 aliphatic heterocycles. The lowest BCUT2D eigenvalue weighted by Crippen LogP contribution is -2.23. The molecule has 0 saturated heterocycles. The molecule has 0 aliphatic carbocycles. The molecular weight excluding hydrogens is 333 g/mol. The fourth-order valence-electron chi connectivity index (χ4n) is 2.25. The van der Waals surface area contributed by atoms with Gasteiger partial charge in [-0.2, -0.15) is 5.10 Å². The van der Waals surface area contributed by atoms with Crippen LogP contribution in [0.1, 0.15) is 16.1 Å². The molecule has 1 aromatic heterocycles. The van der Waals surface area contributed by atoms with Crippen molar-refractivity contribution in [2.45, 2.75) is 0 Å². The highest BCUT2D eigenvalue weighted by Crippen LogP contribution is 2.17. The number of methoxy groups -OCH3 is 1. The zero-order valence-electron chi connectivity index (χ0n) is 14.0.